The highest BCUT2D eigenvalue weighted by Crippen LogP contribution is 2.24. The summed E-state index contributed by atoms with van der Waals surface area (Å²) < 4.78 is 0. The van der Waals surface area contributed by atoms with Crippen LogP contribution >= 0.6 is 0 Å². The monoisotopic (exact) mass is 305 g/mol. The van der Waals surface area contributed by atoms with Gasteiger partial charge in [-0.1, -0.05) is 75.8 Å². The number of aryl methyl sites for hydroxylation is 1. The van der Waals surface area contributed by atoms with Crippen LogP contribution in [-0.4, -0.2) is 4.98 Å². The van der Waals surface area contributed by atoms with Crippen LogP contribution in [0.1, 0.15) is 57.4 Å². The highest BCUT2D eigenvalue weighted by Gasteiger charge is 2.04. The lowest BCUT2D eigenvalue weighted by atomic mass is 10.00. The van der Waals surface area contributed by atoms with E-state index in [9.17, 15) is 0 Å². The Morgan fingerprint density at radius 2 is 1.48 bits per heavy atom. The molecule has 3 rings (SSSR count). The van der Waals surface area contributed by atoms with Crippen molar-refractivity contribution >= 4 is 21.8 Å². The molecule has 1 aromatic heterocycles. The van der Waals surface area contributed by atoms with Crippen molar-refractivity contribution in [2.45, 2.75) is 58.3 Å². The maximum absolute atomic E-state index is 4.82. The Bertz CT molecular complexity index is 760. The van der Waals surface area contributed by atoms with E-state index >= 15 is 0 Å². The molecule has 120 valence electrons. The minimum Gasteiger partial charge on any atom is -0.248 e. The lowest BCUT2D eigenvalue weighted by molar-refractivity contribution is 0.590. The van der Waals surface area contributed by atoms with Gasteiger partial charge in [0.25, 0.3) is 0 Å². The Morgan fingerprint density at radius 3 is 2.35 bits per heavy atom. The third-order valence-electron chi connectivity index (χ3n) is 4.70. The minimum atomic E-state index is 1.09. The van der Waals surface area contributed by atoms with Crippen LogP contribution in [0.2, 0.25) is 0 Å². The third kappa shape index (κ3) is 4.10. The van der Waals surface area contributed by atoms with Crippen molar-refractivity contribution in [2.75, 3.05) is 0 Å². The molecular weight excluding hydrogens is 278 g/mol. The summed E-state index contributed by atoms with van der Waals surface area (Å²) in [6, 6.07) is 17.3. The van der Waals surface area contributed by atoms with E-state index in [-0.39, 0.29) is 0 Å². The molecule has 2 aromatic carbocycles. The average Bonchev–Trinajstić information content (AvgIpc) is 2.59. The molecule has 0 bridgehead atoms. The molecule has 0 amide bonds. The molecule has 0 aliphatic rings. The Morgan fingerprint density at radius 1 is 0.739 bits per heavy atom. The molecule has 0 fully saturated rings. The number of nitrogens with zero attached hydrogens (tertiary/aromatic N) is 1. The molecule has 1 nitrogen and oxygen atoms in total. The van der Waals surface area contributed by atoms with Gasteiger partial charge in [-0.3, -0.25) is 0 Å². The maximum Gasteiger partial charge on any atom is 0.0712 e. The van der Waals surface area contributed by atoms with Gasteiger partial charge in [0, 0.05) is 10.8 Å². The summed E-state index contributed by atoms with van der Waals surface area (Å²) in [7, 11) is 0. The molecule has 0 atom stereocenters. The molecular formula is C22H27N. The predicted molar refractivity (Wildman–Crippen MR) is 101 cm³/mol. The van der Waals surface area contributed by atoms with Gasteiger partial charge in [-0.25, -0.2) is 4.98 Å². The Hall–Kier alpha value is -1.89. The van der Waals surface area contributed by atoms with Crippen LogP contribution in [0.25, 0.3) is 21.8 Å². The lowest BCUT2D eigenvalue weighted by Gasteiger charge is -2.08. The summed E-state index contributed by atoms with van der Waals surface area (Å²) in [5, 5.41) is 2.57. The van der Waals surface area contributed by atoms with Gasteiger partial charge in [0.2, 0.25) is 0 Å². The molecule has 0 N–H and O–H groups in total. The normalized spacial score (nSPS) is 11.3. The number of fused-ring (bicyclic) bond motifs is 2. The number of benzene rings is 2. The van der Waals surface area contributed by atoms with E-state index in [1.54, 1.807) is 0 Å². The van der Waals surface area contributed by atoms with Gasteiger partial charge in [-0.15, -0.1) is 0 Å². The third-order valence-corrected chi connectivity index (χ3v) is 4.70. The van der Waals surface area contributed by atoms with Gasteiger partial charge in [-0.2, -0.15) is 0 Å². The van der Waals surface area contributed by atoms with Crippen LogP contribution < -0.4 is 0 Å². The second-order valence-corrected chi connectivity index (χ2v) is 6.54. The van der Waals surface area contributed by atoms with E-state index in [4.69, 9.17) is 4.98 Å². The highest BCUT2D eigenvalue weighted by molar-refractivity contribution is 5.94. The van der Waals surface area contributed by atoms with Gasteiger partial charge < -0.3 is 0 Å². The van der Waals surface area contributed by atoms with Crippen LogP contribution in [0.3, 0.4) is 0 Å². The molecule has 0 aliphatic heterocycles. The van der Waals surface area contributed by atoms with Crippen molar-refractivity contribution in [3.63, 3.8) is 0 Å². The first-order chi connectivity index (χ1) is 11.4. The number of hydrogen-bond donors (Lipinski definition) is 0. The van der Waals surface area contributed by atoms with Gasteiger partial charge in [0.05, 0.1) is 11.0 Å². The van der Waals surface area contributed by atoms with Crippen molar-refractivity contribution in [3.8, 4) is 0 Å². The van der Waals surface area contributed by atoms with Gasteiger partial charge in [0.15, 0.2) is 0 Å². The minimum absolute atomic E-state index is 1.09. The average molecular weight is 305 g/mol. The molecule has 1 heterocycles. The number of rotatable bonds is 8. The Labute approximate surface area is 139 Å². The number of unbranched alkanes of at least 4 members (excludes halogenated alkanes) is 6. The topological polar surface area (TPSA) is 12.9 Å². The SMILES string of the molecule is CCCCCCCCCc1cccc2nc3ccccc3cc12. The van der Waals surface area contributed by atoms with Gasteiger partial charge in [0.1, 0.15) is 0 Å². The second-order valence-electron chi connectivity index (χ2n) is 6.54. The summed E-state index contributed by atoms with van der Waals surface area (Å²) >= 11 is 0. The van der Waals surface area contributed by atoms with Gasteiger partial charge >= 0.3 is 0 Å². The smallest absolute Gasteiger partial charge is 0.0712 e. The first-order valence-corrected chi connectivity index (χ1v) is 9.16. The fraction of sp³-hybridized carbons (Fsp3) is 0.409. The number of para-hydroxylation sites is 1. The molecule has 0 saturated carbocycles. The van der Waals surface area contributed by atoms with Crippen molar-refractivity contribution in [1.29, 1.82) is 0 Å². The molecule has 3 aromatic rings. The number of hydrogen-bond acceptors (Lipinski definition) is 1. The van der Waals surface area contributed by atoms with Crippen molar-refractivity contribution in [2.24, 2.45) is 0 Å². The standard InChI is InChI=1S/C22H27N/c1-2-3-4-5-6-7-8-12-18-14-11-16-22-20(18)17-19-13-9-10-15-21(19)23-22/h9-11,13-17H,2-8,12H2,1H3. The van der Waals surface area contributed by atoms with E-state index in [1.165, 1.54) is 67.7 Å². The van der Waals surface area contributed by atoms with E-state index in [0.717, 1.165) is 11.0 Å². The van der Waals surface area contributed by atoms with E-state index < -0.39 is 0 Å². The number of aromatic nitrogens is 1. The first kappa shape index (κ1) is 16.0. The molecule has 0 aliphatic carbocycles. The highest BCUT2D eigenvalue weighted by atomic mass is 14.7. The molecule has 1 heteroatoms. The zero-order valence-electron chi connectivity index (χ0n) is 14.2. The van der Waals surface area contributed by atoms with Crippen LogP contribution in [0.15, 0.2) is 48.5 Å². The van der Waals surface area contributed by atoms with Crippen LogP contribution in [-0.2, 0) is 6.42 Å². The molecule has 0 radical (unpaired) electrons. The predicted octanol–water partition coefficient (Wildman–Crippen LogP) is 6.68. The summed E-state index contributed by atoms with van der Waals surface area (Å²) in [5.41, 5.74) is 3.67. The van der Waals surface area contributed by atoms with E-state index in [1.807, 2.05) is 0 Å². The van der Waals surface area contributed by atoms with E-state index in [2.05, 4.69) is 55.5 Å². The van der Waals surface area contributed by atoms with Crippen LogP contribution in [0.4, 0.5) is 0 Å². The second kappa shape index (κ2) is 8.10. The first-order valence-electron chi connectivity index (χ1n) is 9.16. The van der Waals surface area contributed by atoms with Gasteiger partial charge in [-0.05, 0) is 36.6 Å². The molecule has 0 spiro atoms. The summed E-state index contributed by atoms with van der Waals surface area (Å²) in [4.78, 5) is 4.82. The summed E-state index contributed by atoms with van der Waals surface area (Å²) in [6.45, 7) is 2.28. The Kier molecular flexibility index (Phi) is 5.63. The molecule has 23 heavy (non-hydrogen) atoms. The van der Waals surface area contributed by atoms with Crippen LogP contribution in [0, 0.1) is 0 Å². The zero-order chi connectivity index (χ0) is 15.9. The largest absolute Gasteiger partial charge is 0.248 e. The fourth-order valence-electron chi connectivity index (χ4n) is 3.35. The summed E-state index contributed by atoms with van der Waals surface area (Å²) in [6.07, 6.45) is 10.7. The zero-order valence-corrected chi connectivity index (χ0v) is 14.2. The molecule has 0 unspecified atom stereocenters. The quantitative estimate of drug-likeness (QED) is 0.334. The maximum atomic E-state index is 4.82. The van der Waals surface area contributed by atoms with Crippen molar-refractivity contribution < 1.29 is 0 Å². The summed E-state index contributed by atoms with van der Waals surface area (Å²) in [5.74, 6) is 0. The van der Waals surface area contributed by atoms with Crippen molar-refractivity contribution in [3.05, 3.63) is 54.1 Å². The van der Waals surface area contributed by atoms with Crippen molar-refractivity contribution in [1.82, 2.24) is 4.98 Å². The van der Waals surface area contributed by atoms with E-state index in [0.29, 0.717) is 0 Å². The fourth-order valence-corrected chi connectivity index (χ4v) is 3.35. The number of pyridine rings is 1. The van der Waals surface area contributed by atoms with Crippen LogP contribution in [0.5, 0.6) is 0 Å². The Balaban J connectivity index is 1.67. The molecule has 0 saturated heterocycles. The lowest BCUT2D eigenvalue weighted by Crippen LogP contribution is -1.91.